The number of methoxy groups -OCH3 is 1. The number of aryl methyl sites for hydroxylation is 3. The van der Waals surface area contributed by atoms with Crippen molar-refractivity contribution in [3.05, 3.63) is 27.8 Å². The highest BCUT2D eigenvalue weighted by Gasteiger charge is 2.20. The van der Waals surface area contributed by atoms with E-state index >= 15 is 0 Å². The van der Waals surface area contributed by atoms with Crippen LogP contribution in [0.15, 0.2) is 6.07 Å². The molecular weight excluding hydrogens is 284 g/mol. The number of amides is 1. The Balaban J connectivity index is 2.32. The Labute approximate surface area is 129 Å². The van der Waals surface area contributed by atoms with E-state index in [-0.39, 0.29) is 5.91 Å². The first-order chi connectivity index (χ1) is 9.95. The Morgan fingerprint density at radius 1 is 1.38 bits per heavy atom. The summed E-state index contributed by atoms with van der Waals surface area (Å²) in [4.78, 5) is 20.7. The van der Waals surface area contributed by atoms with E-state index in [0.717, 1.165) is 32.8 Å². The van der Waals surface area contributed by atoms with Gasteiger partial charge < -0.3 is 9.64 Å². The molecule has 0 radical (unpaired) electrons. The second kappa shape index (κ2) is 6.54. The average Bonchev–Trinajstić information content (AvgIpc) is 2.75. The summed E-state index contributed by atoms with van der Waals surface area (Å²) in [6.45, 7) is 7.45. The quantitative estimate of drug-likeness (QED) is 0.796. The number of hydrogen-bond acceptors (Lipinski definition) is 4. The Hall–Kier alpha value is -1.46. The van der Waals surface area contributed by atoms with E-state index in [1.54, 1.807) is 12.0 Å². The van der Waals surface area contributed by atoms with Crippen molar-refractivity contribution in [2.45, 2.75) is 27.2 Å². The van der Waals surface area contributed by atoms with Gasteiger partial charge in [0.15, 0.2) is 0 Å². The smallest absolute Gasteiger partial charge is 0.264 e. The molecule has 0 fully saturated rings. The van der Waals surface area contributed by atoms with Gasteiger partial charge in [-0.25, -0.2) is 4.98 Å². The largest absolute Gasteiger partial charge is 0.385 e. The molecule has 5 heteroatoms. The zero-order valence-corrected chi connectivity index (χ0v) is 14.1. The van der Waals surface area contributed by atoms with E-state index in [2.05, 4.69) is 18.0 Å². The van der Waals surface area contributed by atoms with Crippen LogP contribution in [0.1, 0.15) is 32.9 Å². The van der Waals surface area contributed by atoms with E-state index in [9.17, 15) is 4.79 Å². The molecule has 0 saturated heterocycles. The molecule has 0 N–H and O–H groups in total. The van der Waals surface area contributed by atoms with E-state index in [0.29, 0.717) is 13.2 Å². The van der Waals surface area contributed by atoms with Crippen LogP contribution in [0.3, 0.4) is 0 Å². The molecule has 4 nitrogen and oxygen atoms in total. The van der Waals surface area contributed by atoms with Gasteiger partial charge in [-0.1, -0.05) is 0 Å². The number of hydrogen-bond donors (Lipinski definition) is 0. The fraction of sp³-hybridized carbons (Fsp3) is 0.500. The summed E-state index contributed by atoms with van der Waals surface area (Å²) in [7, 11) is 3.52. The van der Waals surface area contributed by atoms with Crippen molar-refractivity contribution >= 4 is 27.5 Å². The number of nitrogens with zero attached hydrogens (tertiary/aromatic N) is 2. The van der Waals surface area contributed by atoms with Gasteiger partial charge in [0.2, 0.25) is 0 Å². The molecule has 2 heterocycles. The van der Waals surface area contributed by atoms with Crippen molar-refractivity contribution < 1.29 is 9.53 Å². The van der Waals surface area contributed by atoms with E-state index in [4.69, 9.17) is 4.74 Å². The number of carbonyl (C=O) groups is 1. The van der Waals surface area contributed by atoms with Crippen molar-refractivity contribution in [3.8, 4) is 0 Å². The zero-order valence-electron chi connectivity index (χ0n) is 13.3. The van der Waals surface area contributed by atoms with Gasteiger partial charge in [-0.3, -0.25) is 4.79 Å². The summed E-state index contributed by atoms with van der Waals surface area (Å²) < 4.78 is 5.03. The van der Waals surface area contributed by atoms with Crippen LogP contribution in [-0.4, -0.2) is 43.1 Å². The zero-order chi connectivity index (χ0) is 15.6. The number of ether oxygens (including phenoxy) is 1. The maximum absolute atomic E-state index is 12.6. The number of thiophene rings is 1. The summed E-state index contributed by atoms with van der Waals surface area (Å²) in [5.74, 6) is 0.0728. The van der Waals surface area contributed by atoms with Gasteiger partial charge in [-0.15, -0.1) is 11.3 Å². The van der Waals surface area contributed by atoms with Crippen molar-refractivity contribution in [2.24, 2.45) is 0 Å². The summed E-state index contributed by atoms with van der Waals surface area (Å²) >= 11 is 1.49. The Morgan fingerprint density at radius 2 is 2.10 bits per heavy atom. The van der Waals surface area contributed by atoms with Crippen molar-refractivity contribution in [1.29, 1.82) is 0 Å². The molecule has 1 amide bonds. The lowest BCUT2D eigenvalue weighted by Crippen LogP contribution is -2.28. The topological polar surface area (TPSA) is 42.4 Å². The first kappa shape index (κ1) is 15.9. The second-order valence-electron chi connectivity index (χ2n) is 5.39. The molecular formula is C16H22N2O2S. The van der Waals surface area contributed by atoms with Crippen molar-refractivity contribution in [2.75, 3.05) is 27.3 Å². The maximum Gasteiger partial charge on any atom is 0.264 e. The lowest BCUT2D eigenvalue weighted by Gasteiger charge is -2.16. The average molecular weight is 306 g/mol. The molecule has 2 aromatic heterocycles. The number of pyridine rings is 1. The summed E-state index contributed by atoms with van der Waals surface area (Å²) in [5.41, 5.74) is 3.23. The highest BCUT2D eigenvalue weighted by atomic mass is 32.1. The molecule has 114 valence electrons. The molecule has 0 bridgehead atoms. The standard InChI is InChI=1S/C16H22N2O2S/c1-10-9-11(2)17-15-13(10)12(3)14(21-15)16(19)18(4)7-6-8-20-5/h9H,6-8H2,1-5H3. The molecule has 0 atom stereocenters. The van der Waals surface area contributed by atoms with E-state index in [1.165, 1.54) is 16.9 Å². The molecule has 0 aliphatic carbocycles. The first-order valence-electron chi connectivity index (χ1n) is 7.07. The Bertz CT molecular complexity index is 664. The monoisotopic (exact) mass is 306 g/mol. The molecule has 2 rings (SSSR count). The van der Waals surface area contributed by atoms with Gasteiger partial charge in [-0.2, -0.15) is 0 Å². The third kappa shape index (κ3) is 3.24. The second-order valence-corrected chi connectivity index (χ2v) is 6.39. The third-order valence-corrected chi connectivity index (χ3v) is 4.78. The minimum absolute atomic E-state index is 0.0728. The molecule has 21 heavy (non-hydrogen) atoms. The van der Waals surface area contributed by atoms with Crippen molar-refractivity contribution in [1.82, 2.24) is 9.88 Å². The maximum atomic E-state index is 12.6. The lowest BCUT2D eigenvalue weighted by molar-refractivity contribution is 0.0783. The van der Waals surface area contributed by atoms with Gasteiger partial charge in [-0.05, 0) is 44.4 Å². The van der Waals surface area contributed by atoms with Crippen LogP contribution in [0, 0.1) is 20.8 Å². The number of carbonyl (C=O) groups excluding carboxylic acids is 1. The summed E-state index contributed by atoms with van der Waals surface area (Å²) in [5, 5.41) is 1.12. The molecule has 0 aromatic carbocycles. The summed E-state index contributed by atoms with van der Waals surface area (Å²) in [6.07, 6.45) is 0.846. The third-order valence-electron chi connectivity index (χ3n) is 3.61. The van der Waals surface area contributed by atoms with Gasteiger partial charge in [0.05, 0.1) is 4.88 Å². The van der Waals surface area contributed by atoms with Crippen LogP contribution in [0.2, 0.25) is 0 Å². The van der Waals surface area contributed by atoms with E-state index < -0.39 is 0 Å². The molecule has 2 aromatic rings. The van der Waals surface area contributed by atoms with Crippen LogP contribution in [0.5, 0.6) is 0 Å². The van der Waals surface area contributed by atoms with Crippen LogP contribution in [0.4, 0.5) is 0 Å². The van der Waals surface area contributed by atoms with Crippen LogP contribution in [-0.2, 0) is 4.74 Å². The predicted octanol–water partition coefficient (Wildman–Crippen LogP) is 3.33. The molecule has 0 aliphatic rings. The first-order valence-corrected chi connectivity index (χ1v) is 7.89. The van der Waals surface area contributed by atoms with Crippen LogP contribution in [0.25, 0.3) is 10.2 Å². The predicted molar refractivity (Wildman–Crippen MR) is 87.3 cm³/mol. The minimum atomic E-state index is 0.0728. The highest BCUT2D eigenvalue weighted by Crippen LogP contribution is 2.32. The van der Waals surface area contributed by atoms with Gasteiger partial charge in [0.1, 0.15) is 4.83 Å². The molecule has 0 spiro atoms. The lowest BCUT2D eigenvalue weighted by atomic mass is 10.1. The summed E-state index contributed by atoms with van der Waals surface area (Å²) in [6, 6.07) is 2.07. The fourth-order valence-electron chi connectivity index (χ4n) is 2.54. The van der Waals surface area contributed by atoms with Crippen molar-refractivity contribution in [3.63, 3.8) is 0 Å². The van der Waals surface area contributed by atoms with Crippen LogP contribution >= 0.6 is 11.3 Å². The number of aromatic nitrogens is 1. The Morgan fingerprint density at radius 3 is 2.76 bits per heavy atom. The number of fused-ring (bicyclic) bond motifs is 1. The van der Waals surface area contributed by atoms with Gasteiger partial charge in [0, 0.05) is 38.4 Å². The Kier molecular flexibility index (Phi) is 4.96. The SMILES string of the molecule is COCCCN(C)C(=O)c1sc2nc(C)cc(C)c2c1C. The molecule has 0 saturated carbocycles. The van der Waals surface area contributed by atoms with Gasteiger partial charge >= 0.3 is 0 Å². The van der Waals surface area contributed by atoms with Crippen LogP contribution < -0.4 is 0 Å². The fourth-order valence-corrected chi connectivity index (χ4v) is 3.84. The number of rotatable bonds is 5. The molecule has 0 unspecified atom stereocenters. The van der Waals surface area contributed by atoms with Gasteiger partial charge in [0.25, 0.3) is 5.91 Å². The molecule has 0 aliphatic heterocycles. The normalized spacial score (nSPS) is 11.1. The minimum Gasteiger partial charge on any atom is -0.385 e. The highest BCUT2D eigenvalue weighted by molar-refractivity contribution is 7.20. The van der Waals surface area contributed by atoms with E-state index in [1.807, 2.05) is 20.9 Å².